The lowest BCUT2D eigenvalue weighted by molar-refractivity contribution is -0.152. The molecule has 0 aliphatic rings. The fourth-order valence-corrected chi connectivity index (χ4v) is 4.36. The Morgan fingerprint density at radius 3 is 2.07 bits per heavy atom. The highest BCUT2D eigenvalue weighted by Crippen LogP contribution is 2.24. The smallest absolute Gasteiger partial charge is 0.316 e. The Hall–Kier alpha value is -2.71. The van der Waals surface area contributed by atoms with Crippen LogP contribution < -0.4 is 5.32 Å². The molecule has 0 aromatic heterocycles. The molecule has 0 heterocycles. The fourth-order valence-electron chi connectivity index (χ4n) is 2.90. The van der Waals surface area contributed by atoms with E-state index < -0.39 is 33.9 Å². The summed E-state index contributed by atoms with van der Waals surface area (Å²) in [4.78, 5) is 24.7. The maximum Gasteiger partial charge on any atom is 0.316 e. The van der Waals surface area contributed by atoms with Gasteiger partial charge in [0.2, 0.25) is 10.0 Å². The van der Waals surface area contributed by atoms with Gasteiger partial charge in [0.05, 0.1) is 10.3 Å². The lowest BCUT2D eigenvalue weighted by Crippen LogP contribution is -2.33. The maximum absolute atomic E-state index is 12.5. The van der Waals surface area contributed by atoms with Crippen LogP contribution in [0.2, 0.25) is 0 Å². The number of ether oxygens (including phenoxy) is 1. The molecule has 8 heteroatoms. The summed E-state index contributed by atoms with van der Waals surface area (Å²) in [5.41, 5.74) is 0.319. The van der Waals surface area contributed by atoms with Gasteiger partial charge in [-0.05, 0) is 43.7 Å². The molecule has 1 amide bonds. The number of hydrogen-bond acceptors (Lipinski definition) is 5. The molecule has 0 spiro atoms. The molecule has 0 unspecified atom stereocenters. The third-order valence-electron chi connectivity index (χ3n) is 4.82. The van der Waals surface area contributed by atoms with Gasteiger partial charge in [0.1, 0.15) is 0 Å². The Kier molecular flexibility index (Phi) is 7.75. The fraction of sp³-hybridized carbons (Fsp3) is 0.364. The predicted molar refractivity (Wildman–Crippen MR) is 116 cm³/mol. The van der Waals surface area contributed by atoms with E-state index in [-0.39, 0.29) is 4.90 Å². The second kappa shape index (κ2) is 9.86. The van der Waals surface area contributed by atoms with E-state index in [9.17, 15) is 18.0 Å². The number of esters is 1. The predicted octanol–water partition coefficient (Wildman–Crippen LogP) is 3.18. The van der Waals surface area contributed by atoms with E-state index in [1.165, 1.54) is 28.6 Å². The van der Waals surface area contributed by atoms with Gasteiger partial charge in [0.15, 0.2) is 6.61 Å². The van der Waals surface area contributed by atoms with Gasteiger partial charge in [-0.15, -0.1) is 0 Å². The molecule has 0 saturated heterocycles. The zero-order chi connectivity index (χ0) is 22.4. The molecule has 0 atom stereocenters. The second-order valence-electron chi connectivity index (χ2n) is 7.23. The summed E-state index contributed by atoms with van der Waals surface area (Å²) >= 11 is 0. The number of carbonyl (C=O) groups is 2. The van der Waals surface area contributed by atoms with Crippen LogP contribution in [0.1, 0.15) is 33.3 Å². The molecular weight excluding hydrogens is 404 g/mol. The lowest BCUT2D eigenvalue weighted by atomic mass is 9.85. The number of nitrogens with zero attached hydrogens (tertiary/aromatic N) is 1. The summed E-state index contributed by atoms with van der Waals surface area (Å²) in [6.07, 6.45) is 0. The van der Waals surface area contributed by atoms with Gasteiger partial charge in [0, 0.05) is 18.8 Å². The summed E-state index contributed by atoms with van der Waals surface area (Å²) in [5.74, 6) is -1.02. The van der Waals surface area contributed by atoms with Gasteiger partial charge in [0.25, 0.3) is 5.91 Å². The molecule has 2 rings (SSSR count). The summed E-state index contributed by atoms with van der Waals surface area (Å²) in [7, 11) is -3.56. The van der Waals surface area contributed by atoms with E-state index in [1.54, 1.807) is 27.7 Å². The van der Waals surface area contributed by atoms with E-state index >= 15 is 0 Å². The molecule has 0 radical (unpaired) electrons. The van der Waals surface area contributed by atoms with Crippen molar-refractivity contribution in [2.45, 2.75) is 38.0 Å². The van der Waals surface area contributed by atoms with Crippen molar-refractivity contribution in [3.05, 3.63) is 60.2 Å². The second-order valence-corrected chi connectivity index (χ2v) is 9.17. The van der Waals surface area contributed by atoms with E-state index in [2.05, 4.69) is 5.32 Å². The minimum atomic E-state index is -3.56. The number of rotatable bonds is 9. The molecular formula is C22H28N2O5S. The zero-order valence-electron chi connectivity index (χ0n) is 17.7. The number of hydrogen-bond donors (Lipinski definition) is 1. The summed E-state index contributed by atoms with van der Waals surface area (Å²) < 4.78 is 31.5. The van der Waals surface area contributed by atoms with E-state index in [0.717, 1.165) is 5.56 Å². The van der Waals surface area contributed by atoms with Crippen molar-refractivity contribution in [1.82, 2.24) is 4.31 Å². The molecule has 30 heavy (non-hydrogen) atoms. The molecule has 2 aromatic carbocycles. The highest BCUT2D eigenvalue weighted by Gasteiger charge is 2.31. The average molecular weight is 433 g/mol. The Balaban J connectivity index is 1.96. The molecule has 0 aliphatic heterocycles. The van der Waals surface area contributed by atoms with Crippen molar-refractivity contribution >= 4 is 27.6 Å². The van der Waals surface area contributed by atoms with Crippen molar-refractivity contribution in [3.8, 4) is 0 Å². The molecule has 162 valence electrons. The van der Waals surface area contributed by atoms with Crippen LogP contribution in [0.3, 0.4) is 0 Å². The van der Waals surface area contributed by atoms with Crippen LogP contribution in [-0.2, 0) is 29.8 Å². The lowest BCUT2D eigenvalue weighted by Gasteiger charge is -2.22. The van der Waals surface area contributed by atoms with Crippen molar-refractivity contribution < 1.29 is 22.7 Å². The number of nitrogens with one attached hydrogen (secondary N) is 1. The van der Waals surface area contributed by atoms with Crippen LogP contribution >= 0.6 is 0 Å². The van der Waals surface area contributed by atoms with Gasteiger partial charge < -0.3 is 10.1 Å². The highest BCUT2D eigenvalue weighted by atomic mass is 32.2. The highest BCUT2D eigenvalue weighted by molar-refractivity contribution is 7.89. The Morgan fingerprint density at radius 1 is 0.967 bits per heavy atom. The largest absolute Gasteiger partial charge is 0.455 e. The van der Waals surface area contributed by atoms with E-state index in [1.807, 2.05) is 30.3 Å². The number of benzene rings is 2. The first-order valence-corrected chi connectivity index (χ1v) is 11.2. The first-order chi connectivity index (χ1) is 14.1. The van der Waals surface area contributed by atoms with Gasteiger partial charge in [-0.25, -0.2) is 8.42 Å². The summed E-state index contributed by atoms with van der Waals surface area (Å²) in [6.45, 7) is 7.33. The molecule has 2 aromatic rings. The van der Waals surface area contributed by atoms with Crippen LogP contribution in [0.4, 0.5) is 5.69 Å². The van der Waals surface area contributed by atoms with Crippen LogP contribution in [-0.4, -0.2) is 44.3 Å². The third-order valence-corrected chi connectivity index (χ3v) is 6.89. The Labute approximate surface area is 178 Å². The van der Waals surface area contributed by atoms with Crippen LogP contribution in [0.25, 0.3) is 0 Å². The van der Waals surface area contributed by atoms with Crippen molar-refractivity contribution in [2.24, 2.45) is 0 Å². The van der Waals surface area contributed by atoms with Gasteiger partial charge in [-0.2, -0.15) is 4.31 Å². The van der Waals surface area contributed by atoms with Gasteiger partial charge in [-0.3, -0.25) is 9.59 Å². The van der Waals surface area contributed by atoms with Crippen LogP contribution in [0.5, 0.6) is 0 Å². The number of sulfonamides is 1. The molecule has 0 saturated carbocycles. The number of anilines is 1. The Morgan fingerprint density at radius 2 is 1.53 bits per heavy atom. The SMILES string of the molecule is CCN(CC)S(=O)(=O)c1ccc(NC(=O)COC(=O)C(C)(C)c2ccccc2)cc1. The summed E-state index contributed by atoms with van der Waals surface area (Å²) in [5, 5.41) is 2.60. The van der Waals surface area contributed by atoms with Crippen molar-refractivity contribution in [2.75, 3.05) is 25.0 Å². The van der Waals surface area contributed by atoms with Gasteiger partial charge in [-0.1, -0.05) is 44.2 Å². The van der Waals surface area contributed by atoms with Crippen LogP contribution in [0, 0.1) is 0 Å². The maximum atomic E-state index is 12.5. The molecule has 0 fully saturated rings. The van der Waals surface area contributed by atoms with Crippen molar-refractivity contribution in [3.63, 3.8) is 0 Å². The minimum Gasteiger partial charge on any atom is -0.455 e. The molecule has 7 nitrogen and oxygen atoms in total. The zero-order valence-corrected chi connectivity index (χ0v) is 18.5. The number of amides is 1. The minimum absolute atomic E-state index is 0.153. The normalized spacial score (nSPS) is 11.9. The third kappa shape index (κ3) is 5.46. The standard InChI is InChI=1S/C22H28N2O5S/c1-5-24(6-2)30(27,28)19-14-12-18(13-15-19)23-20(25)16-29-21(26)22(3,4)17-10-8-7-9-11-17/h7-15H,5-6,16H2,1-4H3,(H,23,25). The quantitative estimate of drug-likeness (QED) is 0.615. The first kappa shape index (κ1) is 23.6. The monoisotopic (exact) mass is 432 g/mol. The molecule has 1 N–H and O–H groups in total. The topological polar surface area (TPSA) is 92.8 Å². The first-order valence-electron chi connectivity index (χ1n) is 9.75. The van der Waals surface area contributed by atoms with Crippen LogP contribution in [0.15, 0.2) is 59.5 Å². The number of carbonyl (C=O) groups excluding carboxylic acids is 2. The van der Waals surface area contributed by atoms with Gasteiger partial charge >= 0.3 is 5.97 Å². The average Bonchev–Trinajstić information content (AvgIpc) is 2.73. The summed E-state index contributed by atoms with van der Waals surface area (Å²) in [6, 6.07) is 15.1. The van der Waals surface area contributed by atoms with E-state index in [0.29, 0.717) is 18.8 Å². The van der Waals surface area contributed by atoms with Crippen molar-refractivity contribution in [1.29, 1.82) is 0 Å². The van der Waals surface area contributed by atoms with E-state index in [4.69, 9.17) is 4.74 Å². The Bertz CT molecular complexity index is 966. The molecule has 0 aliphatic carbocycles. The molecule has 0 bridgehead atoms.